The van der Waals surface area contributed by atoms with Crippen molar-refractivity contribution < 1.29 is 4.74 Å². The SMILES string of the molecule is CCOC(c1ccccc1)(c1ccccc1)c1ccc2sc3ccccc3c2c1. The highest BCUT2D eigenvalue weighted by Gasteiger charge is 2.37. The fourth-order valence-corrected chi connectivity index (χ4v) is 5.34. The van der Waals surface area contributed by atoms with E-state index < -0.39 is 5.60 Å². The fourth-order valence-electron chi connectivity index (χ4n) is 4.26. The number of hydrogen-bond acceptors (Lipinski definition) is 2. The Balaban J connectivity index is 1.84. The molecule has 0 saturated heterocycles. The van der Waals surface area contributed by atoms with Gasteiger partial charge < -0.3 is 4.74 Å². The lowest BCUT2D eigenvalue weighted by Crippen LogP contribution is -2.32. The first-order valence-corrected chi connectivity index (χ1v) is 10.8. The van der Waals surface area contributed by atoms with Gasteiger partial charge in [0.2, 0.25) is 0 Å². The summed E-state index contributed by atoms with van der Waals surface area (Å²) in [4.78, 5) is 0. The van der Waals surface area contributed by atoms with E-state index in [2.05, 4.69) is 110 Å². The van der Waals surface area contributed by atoms with Gasteiger partial charge in [0.1, 0.15) is 5.60 Å². The van der Waals surface area contributed by atoms with E-state index in [9.17, 15) is 0 Å². The molecular weight excluding hydrogens is 372 g/mol. The second-order valence-corrected chi connectivity index (χ2v) is 8.24. The molecule has 4 aromatic carbocycles. The first kappa shape index (κ1) is 18.1. The summed E-state index contributed by atoms with van der Waals surface area (Å²) in [5.41, 5.74) is 2.81. The number of hydrogen-bond donors (Lipinski definition) is 0. The molecule has 29 heavy (non-hydrogen) atoms. The summed E-state index contributed by atoms with van der Waals surface area (Å²) in [7, 11) is 0. The zero-order chi connectivity index (χ0) is 19.7. The van der Waals surface area contributed by atoms with Crippen molar-refractivity contribution in [3.63, 3.8) is 0 Å². The molecule has 1 heterocycles. The summed E-state index contributed by atoms with van der Waals surface area (Å²) >= 11 is 1.85. The third kappa shape index (κ3) is 2.96. The van der Waals surface area contributed by atoms with E-state index in [4.69, 9.17) is 4.74 Å². The predicted octanol–water partition coefficient (Wildman–Crippen LogP) is 7.38. The average Bonchev–Trinajstić information content (AvgIpc) is 3.17. The molecule has 0 atom stereocenters. The van der Waals surface area contributed by atoms with Gasteiger partial charge in [0.25, 0.3) is 0 Å². The van der Waals surface area contributed by atoms with Crippen LogP contribution in [0.2, 0.25) is 0 Å². The summed E-state index contributed by atoms with van der Waals surface area (Å²) in [6.45, 7) is 2.69. The van der Waals surface area contributed by atoms with Gasteiger partial charge in [0.05, 0.1) is 0 Å². The van der Waals surface area contributed by atoms with Crippen molar-refractivity contribution in [1.29, 1.82) is 0 Å². The van der Waals surface area contributed by atoms with Crippen molar-refractivity contribution in [3.8, 4) is 0 Å². The van der Waals surface area contributed by atoms with E-state index in [1.54, 1.807) is 0 Å². The molecule has 1 aromatic heterocycles. The van der Waals surface area contributed by atoms with E-state index in [0.29, 0.717) is 6.61 Å². The molecule has 5 aromatic rings. The van der Waals surface area contributed by atoms with Gasteiger partial charge in [-0.15, -0.1) is 11.3 Å². The second kappa shape index (κ2) is 7.47. The van der Waals surface area contributed by atoms with Crippen LogP contribution in [0.1, 0.15) is 23.6 Å². The second-order valence-electron chi connectivity index (χ2n) is 7.16. The van der Waals surface area contributed by atoms with Crippen LogP contribution in [0.25, 0.3) is 20.2 Å². The molecule has 0 aliphatic carbocycles. The summed E-state index contributed by atoms with van der Waals surface area (Å²) in [6.07, 6.45) is 0. The topological polar surface area (TPSA) is 9.23 Å². The number of fused-ring (bicyclic) bond motifs is 3. The molecule has 5 rings (SSSR count). The lowest BCUT2D eigenvalue weighted by molar-refractivity contribution is 0.0217. The third-order valence-electron chi connectivity index (χ3n) is 5.50. The van der Waals surface area contributed by atoms with Gasteiger partial charge in [0.15, 0.2) is 0 Å². The van der Waals surface area contributed by atoms with Gasteiger partial charge in [0, 0.05) is 26.8 Å². The largest absolute Gasteiger partial charge is 0.361 e. The number of rotatable bonds is 5. The van der Waals surface area contributed by atoms with E-state index in [1.807, 2.05) is 11.3 Å². The number of thiophene rings is 1. The van der Waals surface area contributed by atoms with Crippen molar-refractivity contribution in [3.05, 3.63) is 120 Å². The molecule has 1 nitrogen and oxygen atoms in total. The van der Waals surface area contributed by atoms with Crippen LogP contribution >= 0.6 is 11.3 Å². The number of ether oxygens (including phenoxy) is 1. The van der Waals surface area contributed by atoms with Crippen molar-refractivity contribution in [1.82, 2.24) is 0 Å². The molecule has 0 N–H and O–H groups in total. The maximum absolute atomic E-state index is 6.63. The van der Waals surface area contributed by atoms with E-state index >= 15 is 0 Å². The molecule has 0 unspecified atom stereocenters. The maximum atomic E-state index is 6.63. The molecule has 0 saturated carbocycles. The van der Waals surface area contributed by atoms with Crippen molar-refractivity contribution in [2.45, 2.75) is 12.5 Å². The lowest BCUT2D eigenvalue weighted by Gasteiger charge is -2.35. The van der Waals surface area contributed by atoms with E-state index in [-0.39, 0.29) is 0 Å². The molecule has 0 fully saturated rings. The molecule has 0 spiro atoms. The zero-order valence-electron chi connectivity index (χ0n) is 16.3. The molecule has 142 valence electrons. The Labute approximate surface area is 175 Å². The highest BCUT2D eigenvalue weighted by Crippen LogP contribution is 2.43. The molecule has 0 aliphatic rings. The predicted molar refractivity (Wildman–Crippen MR) is 124 cm³/mol. The molecular formula is C27H22OS. The zero-order valence-corrected chi connectivity index (χ0v) is 17.2. The summed E-state index contributed by atoms with van der Waals surface area (Å²) in [5, 5.41) is 2.60. The van der Waals surface area contributed by atoms with Gasteiger partial charge in [-0.25, -0.2) is 0 Å². The smallest absolute Gasteiger partial charge is 0.143 e. The van der Waals surface area contributed by atoms with Crippen LogP contribution in [0, 0.1) is 0 Å². The Morgan fingerprint density at radius 3 is 1.86 bits per heavy atom. The van der Waals surface area contributed by atoms with Crippen LogP contribution in [-0.2, 0) is 10.3 Å². The summed E-state index contributed by atoms with van der Waals surface area (Å²) < 4.78 is 9.26. The first-order valence-electron chi connectivity index (χ1n) is 9.99. The Hall–Kier alpha value is -2.94. The third-order valence-corrected chi connectivity index (χ3v) is 6.66. The monoisotopic (exact) mass is 394 g/mol. The van der Waals surface area contributed by atoms with Crippen LogP contribution in [0.4, 0.5) is 0 Å². The van der Waals surface area contributed by atoms with Crippen molar-refractivity contribution >= 4 is 31.5 Å². The Morgan fingerprint density at radius 2 is 1.21 bits per heavy atom. The average molecular weight is 395 g/mol. The van der Waals surface area contributed by atoms with E-state index in [0.717, 1.165) is 16.7 Å². The Kier molecular flexibility index (Phi) is 4.67. The van der Waals surface area contributed by atoms with Gasteiger partial charge in [-0.2, -0.15) is 0 Å². The molecule has 2 heteroatoms. The van der Waals surface area contributed by atoms with Crippen molar-refractivity contribution in [2.75, 3.05) is 6.61 Å². The summed E-state index contributed by atoms with van der Waals surface area (Å²) in [6, 6.07) is 36.6. The van der Waals surface area contributed by atoms with E-state index in [1.165, 1.54) is 20.2 Å². The molecule has 0 aliphatic heterocycles. The quantitative estimate of drug-likeness (QED) is 0.283. The maximum Gasteiger partial charge on any atom is 0.143 e. The summed E-state index contributed by atoms with van der Waals surface area (Å²) in [5.74, 6) is 0. The van der Waals surface area contributed by atoms with Crippen LogP contribution in [-0.4, -0.2) is 6.61 Å². The minimum atomic E-state index is -0.644. The van der Waals surface area contributed by atoms with Gasteiger partial charge in [-0.1, -0.05) is 84.9 Å². The standard InChI is InChI=1S/C27H22OS/c1-2-28-27(20-11-5-3-6-12-20,21-13-7-4-8-14-21)22-17-18-26-24(19-22)23-15-9-10-16-25(23)29-26/h3-19H,2H2,1H3. The van der Waals surface area contributed by atoms with Crippen LogP contribution in [0.15, 0.2) is 103 Å². The Morgan fingerprint density at radius 1 is 0.621 bits per heavy atom. The lowest BCUT2D eigenvalue weighted by atomic mass is 9.79. The number of benzene rings is 4. The minimum absolute atomic E-state index is 0.617. The van der Waals surface area contributed by atoms with Crippen LogP contribution in [0.5, 0.6) is 0 Å². The normalized spacial score (nSPS) is 11.9. The van der Waals surface area contributed by atoms with Gasteiger partial charge in [-0.3, -0.25) is 0 Å². The highest BCUT2D eigenvalue weighted by atomic mass is 32.1. The first-order chi connectivity index (χ1) is 14.3. The highest BCUT2D eigenvalue weighted by molar-refractivity contribution is 7.25. The molecule has 0 amide bonds. The van der Waals surface area contributed by atoms with Crippen LogP contribution in [0.3, 0.4) is 0 Å². The minimum Gasteiger partial charge on any atom is -0.361 e. The Bertz CT molecular complexity index is 1220. The van der Waals surface area contributed by atoms with Crippen LogP contribution < -0.4 is 0 Å². The molecule has 0 bridgehead atoms. The van der Waals surface area contributed by atoms with Gasteiger partial charge in [-0.05, 0) is 41.8 Å². The van der Waals surface area contributed by atoms with Gasteiger partial charge >= 0.3 is 0 Å². The van der Waals surface area contributed by atoms with Crippen molar-refractivity contribution in [2.24, 2.45) is 0 Å². The fraction of sp³-hybridized carbons (Fsp3) is 0.111. The molecule has 0 radical (unpaired) electrons.